The van der Waals surface area contributed by atoms with E-state index in [2.05, 4.69) is 16.3 Å². The monoisotopic (exact) mass is 316 g/mol. The van der Waals surface area contributed by atoms with Gasteiger partial charge in [0.15, 0.2) is 0 Å². The van der Waals surface area contributed by atoms with Crippen LogP contribution in [0.1, 0.15) is 50.1 Å². The molecule has 2 fully saturated rings. The summed E-state index contributed by atoms with van der Waals surface area (Å²) in [5.41, 5.74) is 1.11. The molecular weight excluding hydrogens is 288 g/mol. The van der Waals surface area contributed by atoms with Crippen molar-refractivity contribution in [1.29, 1.82) is 0 Å². The normalized spacial score (nSPS) is 22.3. The lowest BCUT2D eigenvalue weighted by Crippen LogP contribution is -2.48. The number of hydrogen-bond acceptors (Lipinski definition) is 3. The smallest absolute Gasteiger partial charge is 0.223 e. The van der Waals surface area contributed by atoms with E-state index < -0.39 is 0 Å². The van der Waals surface area contributed by atoms with Crippen LogP contribution >= 0.6 is 0 Å². The fourth-order valence-corrected chi connectivity index (χ4v) is 3.99. The summed E-state index contributed by atoms with van der Waals surface area (Å²) in [6.07, 6.45) is 7.06. The van der Waals surface area contributed by atoms with Crippen LogP contribution in [-0.2, 0) is 4.79 Å². The molecule has 1 aliphatic heterocycles. The second-order valence-corrected chi connectivity index (χ2v) is 6.74. The summed E-state index contributed by atoms with van der Waals surface area (Å²) in [6, 6.07) is 8.13. The molecule has 0 aromatic heterocycles. The van der Waals surface area contributed by atoms with Gasteiger partial charge >= 0.3 is 0 Å². The average molecular weight is 316 g/mol. The van der Waals surface area contributed by atoms with E-state index in [0.29, 0.717) is 12.3 Å². The molecule has 1 N–H and O–H groups in total. The first-order chi connectivity index (χ1) is 11.3. The highest BCUT2D eigenvalue weighted by atomic mass is 16.5. The molecule has 1 atom stereocenters. The molecule has 0 bridgehead atoms. The molecule has 1 aromatic carbocycles. The number of para-hydroxylation sites is 1. The summed E-state index contributed by atoms with van der Waals surface area (Å²) in [4.78, 5) is 14.9. The number of hydrogen-bond donors (Lipinski definition) is 1. The van der Waals surface area contributed by atoms with Crippen LogP contribution in [-0.4, -0.2) is 37.6 Å². The number of benzene rings is 1. The predicted octanol–water partition coefficient (Wildman–Crippen LogP) is 3.14. The summed E-state index contributed by atoms with van der Waals surface area (Å²) in [7, 11) is 1.70. The minimum atomic E-state index is 0.0796. The Morgan fingerprint density at radius 2 is 2.09 bits per heavy atom. The zero-order valence-corrected chi connectivity index (χ0v) is 14.1. The molecule has 1 heterocycles. The van der Waals surface area contributed by atoms with Gasteiger partial charge < -0.3 is 15.0 Å². The van der Waals surface area contributed by atoms with Crippen molar-refractivity contribution in [3.05, 3.63) is 29.8 Å². The fraction of sp³-hybridized carbons (Fsp3) is 0.632. The number of methoxy groups -OCH3 is 1. The summed E-state index contributed by atoms with van der Waals surface area (Å²) in [6.45, 7) is 2.46. The molecule has 2 aliphatic rings. The van der Waals surface area contributed by atoms with Gasteiger partial charge in [0.2, 0.25) is 5.91 Å². The second-order valence-electron chi connectivity index (χ2n) is 6.74. The zero-order chi connectivity index (χ0) is 16.1. The van der Waals surface area contributed by atoms with Gasteiger partial charge in [0, 0.05) is 31.6 Å². The van der Waals surface area contributed by atoms with Crippen molar-refractivity contribution in [2.24, 2.45) is 5.92 Å². The van der Waals surface area contributed by atoms with Crippen LogP contribution in [0.3, 0.4) is 0 Å². The van der Waals surface area contributed by atoms with Gasteiger partial charge in [-0.15, -0.1) is 0 Å². The first-order valence-electron chi connectivity index (χ1n) is 8.92. The van der Waals surface area contributed by atoms with Gasteiger partial charge in [-0.3, -0.25) is 4.79 Å². The van der Waals surface area contributed by atoms with Crippen LogP contribution in [0.25, 0.3) is 0 Å². The topological polar surface area (TPSA) is 41.6 Å². The van der Waals surface area contributed by atoms with Crippen molar-refractivity contribution in [2.75, 3.05) is 26.7 Å². The Balaban J connectivity index is 1.69. The Kier molecular flexibility index (Phi) is 5.55. The van der Waals surface area contributed by atoms with Gasteiger partial charge in [-0.2, -0.15) is 0 Å². The molecule has 1 saturated heterocycles. The third kappa shape index (κ3) is 3.86. The lowest BCUT2D eigenvalue weighted by molar-refractivity contribution is -0.134. The van der Waals surface area contributed by atoms with Crippen LogP contribution in [0.15, 0.2) is 24.3 Å². The molecule has 0 spiro atoms. The Hall–Kier alpha value is -1.55. The maximum Gasteiger partial charge on any atom is 0.223 e. The van der Waals surface area contributed by atoms with Crippen molar-refractivity contribution in [3.8, 4) is 5.75 Å². The fourth-order valence-electron chi connectivity index (χ4n) is 3.99. The Morgan fingerprint density at radius 3 is 2.87 bits per heavy atom. The number of carbonyl (C=O) groups is 1. The molecule has 1 unspecified atom stereocenters. The minimum Gasteiger partial charge on any atom is -0.496 e. The zero-order valence-electron chi connectivity index (χ0n) is 14.1. The Labute approximate surface area is 139 Å². The highest BCUT2D eigenvalue weighted by molar-refractivity contribution is 5.77. The number of nitrogens with one attached hydrogen (secondary N) is 1. The molecule has 1 aliphatic carbocycles. The van der Waals surface area contributed by atoms with Gasteiger partial charge in [-0.25, -0.2) is 0 Å². The molecule has 3 rings (SSSR count). The van der Waals surface area contributed by atoms with Gasteiger partial charge in [-0.05, 0) is 18.4 Å². The summed E-state index contributed by atoms with van der Waals surface area (Å²) < 4.78 is 5.50. The second kappa shape index (κ2) is 7.82. The predicted molar refractivity (Wildman–Crippen MR) is 91.5 cm³/mol. The first kappa shape index (κ1) is 16.3. The lowest BCUT2D eigenvalue weighted by Gasteiger charge is -2.37. The Morgan fingerprint density at radius 1 is 1.30 bits per heavy atom. The van der Waals surface area contributed by atoms with E-state index in [1.807, 2.05) is 18.2 Å². The highest BCUT2D eigenvalue weighted by Crippen LogP contribution is 2.32. The number of amides is 1. The van der Waals surface area contributed by atoms with Gasteiger partial charge in [0.05, 0.1) is 13.2 Å². The standard InChI is InChI=1S/C19H28N2O2/c1-23-18-9-5-4-8-16(18)17-14-20-12-13-21(17)19(22)11-10-15-6-2-3-7-15/h4-5,8-9,15,17,20H,2-3,6-7,10-14H2,1H3. The van der Waals surface area contributed by atoms with Crippen LogP contribution < -0.4 is 10.1 Å². The summed E-state index contributed by atoms with van der Waals surface area (Å²) in [5.74, 6) is 1.94. The molecule has 0 radical (unpaired) electrons. The molecule has 23 heavy (non-hydrogen) atoms. The van der Waals surface area contributed by atoms with Crippen LogP contribution in [0.5, 0.6) is 5.75 Å². The summed E-state index contributed by atoms with van der Waals surface area (Å²) in [5, 5.41) is 3.42. The van der Waals surface area contributed by atoms with E-state index >= 15 is 0 Å². The number of ether oxygens (including phenoxy) is 1. The molecule has 4 heteroatoms. The molecule has 1 aromatic rings. The van der Waals surface area contributed by atoms with Gasteiger partial charge in [0.1, 0.15) is 5.75 Å². The first-order valence-corrected chi connectivity index (χ1v) is 8.92. The third-order valence-electron chi connectivity index (χ3n) is 5.30. The van der Waals surface area contributed by atoms with Crippen molar-refractivity contribution >= 4 is 5.91 Å². The maximum absolute atomic E-state index is 12.8. The average Bonchev–Trinajstić information content (AvgIpc) is 3.13. The van der Waals surface area contributed by atoms with Crippen LogP contribution in [0.2, 0.25) is 0 Å². The summed E-state index contributed by atoms with van der Waals surface area (Å²) >= 11 is 0. The molecule has 4 nitrogen and oxygen atoms in total. The number of rotatable bonds is 5. The molecule has 1 amide bonds. The molecule has 126 valence electrons. The minimum absolute atomic E-state index is 0.0796. The van der Waals surface area contributed by atoms with Crippen molar-refractivity contribution < 1.29 is 9.53 Å². The van der Waals surface area contributed by atoms with Gasteiger partial charge in [-0.1, -0.05) is 43.9 Å². The molecular formula is C19H28N2O2. The van der Waals surface area contributed by atoms with E-state index in [0.717, 1.165) is 43.3 Å². The number of carbonyl (C=O) groups excluding carboxylic acids is 1. The highest BCUT2D eigenvalue weighted by Gasteiger charge is 2.30. The van der Waals surface area contributed by atoms with Crippen molar-refractivity contribution in [1.82, 2.24) is 10.2 Å². The maximum atomic E-state index is 12.8. The van der Waals surface area contributed by atoms with Crippen LogP contribution in [0, 0.1) is 5.92 Å². The Bertz CT molecular complexity index is 526. The van der Waals surface area contributed by atoms with Crippen LogP contribution in [0.4, 0.5) is 0 Å². The van der Waals surface area contributed by atoms with Gasteiger partial charge in [0.25, 0.3) is 0 Å². The molecule has 1 saturated carbocycles. The van der Waals surface area contributed by atoms with Crippen molar-refractivity contribution in [2.45, 2.75) is 44.6 Å². The van der Waals surface area contributed by atoms with Crippen molar-refractivity contribution in [3.63, 3.8) is 0 Å². The van der Waals surface area contributed by atoms with E-state index in [4.69, 9.17) is 4.74 Å². The largest absolute Gasteiger partial charge is 0.496 e. The van der Waals surface area contributed by atoms with E-state index in [9.17, 15) is 4.79 Å². The number of piperazine rings is 1. The van der Waals surface area contributed by atoms with E-state index in [1.54, 1.807) is 7.11 Å². The van der Waals surface area contributed by atoms with E-state index in [-0.39, 0.29) is 6.04 Å². The SMILES string of the molecule is COc1ccccc1C1CNCCN1C(=O)CCC1CCCC1. The quantitative estimate of drug-likeness (QED) is 0.907. The number of nitrogens with zero attached hydrogens (tertiary/aromatic N) is 1. The van der Waals surface area contributed by atoms with E-state index in [1.165, 1.54) is 25.7 Å². The third-order valence-corrected chi connectivity index (χ3v) is 5.30. The lowest BCUT2D eigenvalue weighted by atomic mass is 9.98.